The zero-order chi connectivity index (χ0) is 15.8. The number of hydrogen-bond donors (Lipinski definition) is 4. The molecule has 1 atom stereocenters. The Labute approximate surface area is 122 Å². The van der Waals surface area contributed by atoms with Gasteiger partial charge < -0.3 is 21.5 Å². The summed E-state index contributed by atoms with van der Waals surface area (Å²) in [4.78, 5) is 33.7. The number of amides is 2. The Hall–Kier alpha value is -2.57. The van der Waals surface area contributed by atoms with Gasteiger partial charge in [-0.15, -0.1) is 0 Å². The van der Waals surface area contributed by atoms with Gasteiger partial charge in [0.2, 0.25) is 5.91 Å². The number of rotatable bonds is 7. The number of carboxylic acid groups (broad SMARTS) is 1. The number of aliphatic carboxylic acids is 1. The highest BCUT2D eigenvalue weighted by atomic mass is 16.4. The molecule has 7 heteroatoms. The lowest BCUT2D eigenvalue weighted by Gasteiger charge is -2.11. The second-order valence-corrected chi connectivity index (χ2v) is 4.81. The fourth-order valence-electron chi connectivity index (χ4n) is 1.62. The minimum atomic E-state index is -0.909. The van der Waals surface area contributed by atoms with Crippen LogP contribution >= 0.6 is 0 Å². The van der Waals surface area contributed by atoms with Crippen LogP contribution in [0.1, 0.15) is 23.7 Å². The quantitative estimate of drug-likeness (QED) is 0.536. The van der Waals surface area contributed by atoms with E-state index in [1.54, 1.807) is 31.2 Å². The highest BCUT2D eigenvalue weighted by Gasteiger charge is 2.11. The standard InChI is InChI=1S/C14H19N3O4/c1-9(6-13(19)20)7-16-12(18)8-17-14(21)10-2-4-11(15)5-3-10/h2-5,9H,6-8,15H2,1H3,(H,16,18)(H,17,21)(H,19,20). The van der Waals surface area contributed by atoms with Gasteiger partial charge in [0.15, 0.2) is 0 Å². The number of nitrogens with one attached hydrogen (secondary N) is 2. The Morgan fingerprint density at radius 2 is 1.81 bits per heavy atom. The van der Waals surface area contributed by atoms with Gasteiger partial charge in [-0.1, -0.05) is 6.92 Å². The van der Waals surface area contributed by atoms with Gasteiger partial charge in [-0.2, -0.15) is 0 Å². The Morgan fingerprint density at radius 3 is 2.38 bits per heavy atom. The Bertz CT molecular complexity index is 513. The van der Waals surface area contributed by atoms with Gasteiger partial charge in [0.1, 0.15) is 0 Å². The smallest absolute Gasteiger partial charge is 0.303 e. The van der Waals surface area contributed by atoms with E-state index in [1.165, 1.54) is 0 Å². The molecule has 0 saturated heterocycles. The number of benzene rings is 1. The highest BCUT2D eigenvalue weighted by Crippen LogP contribution is 2.04. The lowest BCUT2D eigenvalue weighted by molar-refractivity contribution is -0.138. The molecule has 1 unspecified atom stereocenters. The molecule has 114 valence electrons. The lowest BCUT2D eigenvalue weighted by atomic mass is 10.1. The molecule has 1 aromatic carbocycles. The monoisotopic (exact) mass is 293 g/mol. The van der Waals surface area contributed by atoms with Crippen molar-refractivity contribution in [1.82, 2.24) is 10.6 Å². The van der Waals surface area contributed by atoms with E-state index in [-0.39, 0.29) is 37.2 Å². The average Bonchev–Trinajstić information content (AvgIpc) is 2.42. The first-order valence-corrected chi connectivity index (χ1v) is 6.50. The number of carbonyl (C=O) groups is 3. The van der Waals surface area contributed by atoms with Crippen LogP contribution in [0.25, 0.3) is 0 Å². The molecule has 0 aliphatic carbocycles. The maximum atomic E-state index is 11.7. The predicted molar refractivity (Wildman–Crippen MR) is 77.6 cm³/mol. The topological polar surface area (TPSA) is 122 Å². The molecule has 7 nitrogen and oxygen atoms in total. The predicted octanol–water partition coefficient (Wildman–Crippen LogP) is 0.226. The Kier molecular flexibility index (Phi) is 6.19. The average molecular weight is 293 g/mol. The van der Waals surface area contributed by atoms with Crippen molar-refractivity contribution >= 4 is 23.5 Å². The van der Waals surface area contributed by atoms with Crippen molar-refractivity contribution < 1.29 is 19.5 Å². The molecule has 0 aliphatic heterocycles. The number of carboxylic acids is 1. The van der Waals surface area contributed by atoms with Crippen molar-refractivity contribution in [2.75, 3.05) is 18.8 Å². The molecule has 0 aromatic heterocycles. The molecule has 0 radical (unpaired) electrons. The molecule has 0 aliphatic rings. The van der Waals surface area contributed by atoms with Gasteiger partial charge in [-0.25, -0.2) is 0 Å². The third-order valence-electron chi connectivity index (χ3n) is 2.75. The fourth-order valence-corrected chi connectivity index (χ4v) is 1.62. The number of nitrogen functional groups attached to an aromatic ring is 1. The molecular formula is C14H19N3O4. The third-order valence-corrected chi connectivity index (χ3v) is 2.75. The van der Waals surface area contributed by atoms with Crippen molar-refractivity contribution in [3.8, 4) is 0 Å². The highest BCUT2D eigenvalue weighted by molar-refractivity contribution is 5.96. The molecule has 0 fully saturated rings. The fraction of sp³-hybridized carbons (Fsp3) is 0.357. The van der Waals surface area contributed by atoms with E-state index >= 15 is 0 Å². The van der Waals surface area contributed by atoms with Crippen molar-refractivity contribution in [1.29, 1.82) is 0 Å². The van der Waals surface area contributed by atoms with Crippen molar-refractivity contribution in [2.45, 2.75) is 13.3 Å². The first-order valence-electron chi connectivity index (χ1n) is 6.50. The van der Waals surface area contributed by atoms with Crippen LogP contribution in [0.5, 0.6) is 0 Å². The summed E-state index contributed by atoms with van der Waals surface area (Å²) < 4.78 is 0. The number of carbonyl (C=O) groups excluding carboxylic acids is 2. The number of hydrogen-bond acceptors (Lipinski definition) is 4. The second-order valence-electron chi connectivity index (χ2n) is 4.81. The van der Waals surface area contributed by atoms with E-state index in [0.29, 0.717) is 11.3 Å². The van der Waals surface area contributed by atoms with Crippen LogP contribution in [0.4, 0.5) is 5.69 Å². The first-order chi connectivity index (χ1) is 9.88. The molecular weight excluding hydrogens is 274 g/mol. The van der Waals surface area contributed by atoms with Crippen LogP contribution in [-0.4, -0.2) is 36.0 Å². The second kappa shape index (κ2) is 7.88. The van der Waals surface area contributed by atoms with Gasteiger partial charge in [-0.05, 0) is 30.2 Å². The largest absolute Gasteiger partial charge is 0.481 e. The van der Waals surface area contributed by atoms with Crippen LogP contribution in [-0.2, 0) is 9.59 Å². The SMILES string of the molecule is CC(CNC(=O)CNC(=O)c1ccc(N)cc1)CC(=O)O. The Balaban J connectivity index is 2.31. The van der Waals surface area contributed by atoms with E-state index in [2.05, 4.69) is 10.6 Å². The van der Waals surface area contributed by atoms with Crippen LogP contribution in [0.2, 0.25) is 0 Å². The van der Waals surface area contributed by atoms with E-state index in [1.807, 2.05) is 0 Å². The summed E-state index contributed by atoms with van der Waals surface area (Å²) in [5.74, 6) is -1.81. The maximum absolute atomic E-state index is 11.7. The molecule has 0 bridgehead atoms. The van der Waals surface area contributed by atoms with Crippen LogP contribution in [0.15, 0.2) is 24.3 Å². The maximum Gasteiger partial charge on any atom is 0.303 e. The van der Waals surface area contributed by atoms with E-state index < -0.39 is 5.97 Å². The Morgan fingerprint density at radius 1 is 1.19 bits per heavy atom. The molecule has 0 saturated carbocycles. The molecule has 0 heterocycles. The normalized spacial score (nSPS) is 11.5. The van der Waals surface area contributed by atoms with E-state index in [0.717, 1.165) is 0 Å². The summed E-state index contributed by atoms with van der Waals surface area (Å²) >= 11 is 0. The van der Waals surface area contributed by atoms with Gasteiger partial charge in [0.05, 0.1) is 6.54 Å². The summed E-state index contributed by atoms with van der Waals surface area (Å²) in [5, 5.41) is 13.6. The minimum Gasteiger partial charge on any atom is -0.481 e. The van der Waals surface area contributed by atoms with Crippen molar-refractivity contribution in [3.05, 3.63) is 29.8 Å². The van der Waals surface area contributed by atoms with Crippen molar-refractivity contribution in [3.63, 3.8) is 0 Å². The first kappa shape index (κ1) is 16.5. The summed E-state index contributed by atoms with van der Waals surface area (Å²) in [5.41, 5.74) is 6.48. The van der Waals surface area contributed by atoms with Gasteiger partial charge in [0.25, 0.3) is 5.91 Å². The molecule has 1 aromatic rings. The number of anilines is 1. The van der Waals surface area contributed by atoms with E-state index in [9.17, 15) is 14.4 Å². The summed E-state index contributed by atoms with van der Waals surface area (Å²) in [6, 6.07) is 6.33. The van der Waals surface area contributed by atoms with E-state index in [4.69, 9.17) is 10.8 Å². The van der Waals surface area contributed by atoms with Gasteiger partial charge in [0, 0.05) is 24.2 Å². The summed E-state index contributed by atoms with van der Waals surface area (Å²) in [6.45, 7) is 1.81. The zero-order valence-electron chi connectivity index (χ0n) is 11.8. The van der Waals surface area contributed by atoms with Gasteiger partial charge >= 0.3 is 5.97 Å². The van der Waals surface area contributed by atoms with Crippen LogP contribution in [0.3, 0.4) is 0 Å². The molecule has 21 heavy (non-hydrogen) atoms. The minimum absolute atomic E-state index is 0.0158. The molecule has 0 spiro atoms. The molecule has 2 amide bonds. The van der Waals surface area contributed by atoms with Crippen LogP contribution in [0, 0.1) is 5.92 Å². The number of nitrogens with two attached hydrogens (primary N) is 1. The molecule has 1 rings (SSSR count). The van der Waals surface area contributed by atoms with Crippen LogP contribution < -0.4 is 16.4 Å². The third kappa shape index (κ3) is 6.42. The molecule has 5 N–H and O–H groups in total. The summed E-state index contributed by atoms with van der Waals surface area (Å²) in [7, 11) is 0. The lowest BCUT2D eigenvalue weighted by Crippen LogP contribution is -2.38. The van der Waals surface area contributed by atoms with Gasteiger partial charge in [-0.3, -0.25) is 14.4 Å². The van der Waals surface area contributed by atoms with Crippen molar-refractivity contribution in [2.24, 2.45) is 5.92 Å². The zero-order valence-corrected chi connectivity index (χ0v) is 11.8. The summed E-state index contributed by atoms with van der Waals surface area (Å²) in [6.07, 6.45) is -0.0158.